The molecule has 1 saturated carbocycles. The van der Waals surface area contributed by atoms with E-state index in [0.29, 0.717) is 6.42 Å². The molecule has 17 heavy (non-hydrogen) atoms. The minimum absolute atomic E-state index is 0.0499. The molecule has 0 aromatic carbocycles. The molecule has 1 aliphatic rings. The summed E-state index contributed by atoms with van der Waals surface area (Å²) < 4.78 is 0. The van der Waals surface area contributed by atoms with Crippen molar-refractivity contribution in [2.75, 3.05) is 13.6 Å². The summed E-state index contributed by atoms with van der Waals surface area (Å²) in [4.78, 5) is 24.3. The molecule has 4 nitrogen and oxygen atoms in total. The minimum Gasteiger partial charge on any atom is -0.481 e. The molecular weight excluding hydrogens is 218 g/mol. The lowest BCUT2D eigenvalue weighted by Crippen LogP contribution is -2.33. The van der Waals surface area contributed by atoms with Crippen LogP contribution in [0.4, 0.5) is 0 Å². The maximum absolute atomic E-state index is 11.9. The number of carboxylic acids is 1. The van der Waals surface area contributed by atoms with Crippen molar-refractivity contribution >= 4 is 11.9 Å². The zero-order valence-corrected chi connectivity index (χ0v) is 10.2. The smallest absolute Gasteiger partial charge is 0.303 e. The molecular formula is C13H19NO3. The molecule has 1 N–H and O–H groups in total. The van der Waals surface area contributed by atoms with Gasteiger partial charge in [0.05, 0.1) is 13.0 Å². The molecule has 0 unspecified atom stereocenters. The Balaban J connectivity index is 2.64. The normalized spacial score (nSPS) is 17.4. The lowest BCUT2D eigenvalue weighted by Gasteiger charge is -2.28. The standard InChI is InChI=1S/C13H19NO3/c1-3-8-14(2)11(15)9-13(10-12(16)17)6-4-5-7-13/h1H,4-10H2,2H3,(H,16,17). The van der Waals surface area contributed by atoms with Crippen LogP contribution in [-0.2, 0) is 9.59 Å². The molecule has 0 saturated heterocycles. The molecule has 0 bridgehead atoms. The molecule has 0 atom stereocenters. The highest BCUT2D eigenvalue weighted by Gasteiger charge is 2.38. The molecule has 0 aliphatic heterocycles. The third-order valence-corrected chi connectivity index (χ3v) is 3.47. The van der Waals surface area contributed by atoms with Crippen LogP contribution in [0.15, 0.2) is 0 Å². The molecule has 0 spiro atoms. The van der Waals surface area contributed by atoms with Crippen molar-refractivity contribution in [3.8, 4) is 12.3 Å². The fourth-order valence-corrected chi connectivity index (χ4v) is 2.54. The Kier molecular flexibility index (Phi) is 4.56. The molecule has 1 fully saturated rings. The first kappa shape index (κ1) is 13.6. The number of aliphatic carboxylic acids is 1. The maximum atomic E-state index is 11.9. The second-order valence-electron chi connectivity index (χ2n) is 4.91. The third-order valence-electron chi connectivity index (χ3n) is 3.47. The van der Waals surface area contributed by atoms with Gasteiger partial charge in [-0.25, -0.2) is 0 Å². The first-order valence-corrected chi connectivity index (χ1v) is 5.88. The summed E-state index contributed by atoms with van der Waals surface area (Å²) in [5.41, 5.74) is -0.341. The van der Waals surface area contributed by atoms with E-state index in [1.54, 1.807) is 7.05 Å². The van der Waals surface area contributed by atoms with Crippen LogP contribution in [0.2, 0.25) is 0 Å². The van der Waals surface area contributed by atoms with Gasteiger partial charge in [-0.1, -0.05) is 18.8 Å². The van der Waals surface area contributed by atoms with Crippen molar-refractivity contribution < 1.29 is 14.7 Å². The van der Waals surface area contributed by atoms with Gasteiger partial charge in [0.1, 0.15) is 0 Å². The molecule has 4 heteroatoms. The number of carboxylic acid groups (broad SMARTS) is 1. The van der Waals surface area contributed by atoms with E-state index in [2.05, 4.69) is 5.92 Å². The van der Waals surface area contributed by atoms with Crippen LogP contribution >= 0.6 is 0 Å². The lowest BCUT2D eigenvalue weighted by atomic mass is 9.79. The Hall–Kier alpha value is -1.50. The summed E-state index contributed by atoms with van der Waals surface area (Å²) in [5.74, 6) is 1.55. The lowest BCUT2D eigenvalue weighted by molar-refractivity contribution is -0.141. The van der Waals surface area contributed by atoms with Gasteiger partial charge in [-0.05, 0) is 18.3 Å². The van der Waals surface area contributed by atoms with Gasteiger partial charge < -0.3 is 10.0 Å². The van der Waals surface area contributed by atoms with Gasteiger partial charge in [-0.15, -0.1) is 6.42 Å². The van der Waals surface area contributed by atoms with Crippen molar-refractivity contribution in [3.63, 3.8) is 0 Å². The van der Waals surface area contributed by atoms with Crippen molar-refractivity contribution in [1.82, 2.24) is 4.90 Å². The van der Waals surface area contributed by atoms with Gasteiger partial charge in [0.15, 0.2) is 0 Å². The zero-order valence-electron chi connectivity index (χ0n) is 10.2. The van der Waals surface area contributed by atoms with E-state index in [9.17, 15) is 9.59 Å². The van der Waals surface area contributed by atoms with Crippen molar-refractivity contribution in [2.45, 2.75) is 38.5 Å². The average molecular weight is 237 g/mol. The number of terminal acetylenes is 1. The van der Waals surface area contributed by atoms with Crippen LogP contribution in [0.5, 0.6) is 0 Å². The van der Waals surface area contributed by atoms with E-state index in [0.717, 1.165) is 25.7 Å². The van der Waals surface area contributed by atoms with E-state index in [4.69, 9.17) is 11.5 Å². The first-order valence-electron chi connectivity index (χ1n) is 5.88. The summed E-state index contributed by atoms with van der Waals surface area (Å²) in [7, 11) is 1.66. The van der Waals surface area contributed by atoms with E-state index in [1.807, 2.05) is 0 Å². The van der Waals surface area contributed by atoms with Gasteiger partial charge in [-0.3, -0.25) is 9.59 Å². The van der Waals surface area contributed by atoms with Gasteiger partial charge in [0.25, 0.3) is 0 Å². The molecule has 0 radical (unpaired) electrons. The fourth-order valence-electron chi connectivity index (χ4n) is 2.54. The summed E-state index contributed by atoms with van der Waals surface area (Å²) in [6.07, 6.45) is 9.22. The van der Waals surface area contributed by atoms with Crippen molar-refractivity contribution in [1.29, 1.82) is 0 Å². The van der Waals surface area contributed by atoms with Gasteiger partial charge in [0.2, 0.25) is 5.91 Å². The number of hydrogen-bond acceptors (Lipinski definition) is 2. The van der Waals surface area contributed by atoms with Crippen LogP contribution in [0.3, 0.4) is 0 Å². The van der Waals surface area contributed by atoms with Crippen LogP contribution < -0.4 is 0 Å². The number of hydrogen-bond donors (Lipinski definition) is 1. The molecule has 0 aromatic heterocycles. The Morgan fingerprint density at radius 1 is 1.35 bits per heavy atom. The minimum atomic E-state index is -0.820. The van der Waals surface area contributed by atoms with Crippen LogP contribution in [-0.4, -0.2) is 35.5 Å². The highest BCUT2D eigenvalue weighted by atomic mass is 16.4. The number of carbonyl (C=O) groups excluding carboxylic acids is 1. The number of rotatable bonds is 5. The number of carbonyl (C=O) groups is 2. The van der Waals surface area contributed by atoms with E-state index < -0.39 is 5.97 Å². The van der Waals surface area contributed by atoms with E-state index in [1.165, 1.54) is 4.90 Å². The van der Waals surface area contributed by atoms with Crippen LogP contribution in [0, 0.1) is 17.8 Å². The molecule has 0 aromatic rings. The van der Waals surface area contributed by atoms with Crippen molar-refractivity contribution in [3.05, 3.63) is 0 Å². The highest BCUT2D eigenvalue weighted by molar-refractivity contribution is 5.78. The summed E-state index contributed by atoms with van der Waals surface area (Å²) in [6.45, 7) is 0.280. The second-order valence-corrected chi connectivity index (χ2v) is 4.91. The largest absolute Gasteiger partial charge is 0.481 e. The zero-order chi connectivity index (χ0) is 12.9. The second kappa shape index (κ2) is 5.72. The van der Waals surface area contributed by atoms with Crippen LogP contribution in [0.25, 0.3) is 0 Å². The van der Waals surface area contributed by atoms with Crippen LogP contribution in [0.1, 0.15) is 38.5 Å². The molecule has 1 rings (SSSR count). The summed E-state index contributed by atoms with van der Waals surface area (Å²) >= 11 is 0. The fraction of sp³-hybridized carbons (Fsp3) is 0.692. The Morgan fingerprint density at radius 3 is 2.41 bits per heavy atom. The highest BCUT2D eigenvalue weighted by Crippen LogP contribution is 2.44. The summed E-state index contributed by atoms with van der Waals surface area (Å²) in [6, 6.07) is 0. The molecule has 1 amide bonds. The molecule has 1 aliphatic carbocycles. The predicted molar refractivity (Wildman–Crippen MR) is 64.2 cm³/mol. The predicted octanol–water partition coefficient (Wildman–Crippen LogP) is 1.50. The Morgan fingerprint density at radius 2 is 1.94 bits per heavy atom. The van der Waals surface area contributed by atoms with E-state index in [-0.39, 0.29) is 24.3 Å². The van der Waals surface area contributed by atoms with Gasteiger partial charge >= 0.3 is 5.97 Å². The van der Waals surface area contributed by atoms with Gasteiger partial charge in [-0.2, -0.15) is 0 Å². The number of nitrogens with zero attached hydrogens (tertiary/aromatic N) is 1. The first-order chi connectivity index (χ1) is 7.99. The molecule has 0 heterocycles. The maximum Gasteiger partial charge on any atom is 0.303 e. The monoisotopic (exact) mass is 237 g/mol. The quantitative estimate of drug-likeness (QED) is 0.737. The SMILES string of the molecule is C#CCN(C)C(=O)CC1(CC(=O)O)CCCC1. The van der Waals surface area contributed by atoms with Gasteiger partial charge in [0, 0.05) is 13.5 Å². The van der Waals surface area contributed by atoms with E-state index >= 15 is 0 Å². The topological polar surface area (TPSA) is 57.6 Å². The average Bonchev–Trinajstić information content (AvgIpc) is 2.65. The Labute approximate surface area is 102 Å². The van der Waals surface area contributed by atoms with Crippen molar-refractivity contribution in [2.24, 2.45) is 5.41 Å². The third kappa shape index (κ3) is 3.77. The summed E-state index contributed by atoms with van der Waals surface area (Å²) in [5, 5.41) is 8.94. The molecule has 94 valence electrons. The number of amides is 1. The Bertz CT molecular complexity index is 337.